The summed E-state index contributed by atoms with van der Waals surface area (Å²) in [7, 11) is -3.43. The van der Waals surface area contributed by atoms with Crippen molar-refractivity contribution in [3.8, 4) is 11.5 Å². The van der Waals surface area contributed by atoms with Crippen molar-refractivity contribution in [2.24, 2.45) is 0 Å². The van der Waals surface area contributed by atoms with Crippen LogP contribution >= 0.6 is 0 Å². The van der Waals surface area contributed by atoms with Crippen molar-refractivity contribution in [3.63, 3.8) is 0 Å². The molecule has 41 heavy (non-hydrogen) atoms. The molecule has 0 saturated carbocycles. The topological polar surface area (TPSA) is 120 Å². The lowest BCUT2D eigenvalue weighted by Gasteiger charge is -2.17. The Morgan fingerprint density at radius 2 is 1.83 bits per heavy atom. The zero-order valence-electron chi connectivity index (χ0n) is 21.4. The molecule has 1 unspecified atom stereocenters. The number of aromatic nitrogens is 2. The predicted octanol–water partition coefficient (Wildman–Crippen LogP) is 4.60. The Labute approximate surface area is 231 Å². The van der Waals surface area contributed by atoms with E-state index in [1.165, 1.54) is 67.6 Å². The molecule has 0 bridgehead atoms. The fraction of sp³-hybridized carbons (Fsp3) is 0.259. The summed E-state index contributed by atoms with van der Waals surface area (Å²) in [5.74, 6) is -1.86. The van der Waals surface area contributed by atoms with Gasteiger partial charge in [0, 0.05) is 11.1 Å². The Kier molecular flexibility index (Phi) is 7.38. The lowest BCUT2D eigenvalue weighted by atomic mass is 10.1. The summed E-state index contributed by atoms with van der Waals surface area (Å²) in [6.45, 7) is 0.729. The first kappa shape index (κ1) is 28.4. The molecule has 4 aromatic rings. The summed E-state index contributed by atoms with van der Waals surface area (Å²) >= 11 is 0. The number of sulfone groups is 1. The van der Waals surface area contributed by atoms with Gasteiger partial charge in [-0.3, -0.25) is 4.79 Å². The van der Waals surface area contributed by atoms with Crippen LogP contribution in [0.25, 0.3) is 11.0 Å². The predicted molar refractivity (Wildman–Crippen MR) is 138 cm³/mol. The van der Waals surface area contributed by atoms with Crippen molar-refractivity contribution in [1.29, 1.82) is 0 Å². The third-order valence-electron chi connectivity index (χ3n) is 6.58. The number of rotatable bonds is 9. The fourth-order valence-corrected chi connectivity index (χ4v) is 5.38. The molecule has 9 nitrogen and oxygen atoms in total. The molecule has 216 valence electrons. The Balaban J connectivity index is 1.41. The standard InChI is InChI=1S/C27H23F4N3O6S/c1-2-41(37,38)18-9-6-15(7-10-18)20(14-35)33-26(36)16-8-11-21-19(12-16)32-25(24(28)29)34(21)13-17-4-3-5-22-23(17)40-27(30,31)39-22/h3-12,20,24,35H,2,13-14H2,1H3,(H,33,36). The maximum Gasteiger partial charge on any atom is 0.586 e. The third-order valence-corrected chi connectivity index (χ3v) is 8.33. The van der Waals surface area contributed by atoms with Gasteiger partial charge in [0.1, 0.15) is 0 Å². The number of benzene rings is 3. The van der Waals surface area contributed by atoms with E-state index in [0.29, 0.717) is 5.56 Å². The van der Waals surface area contributed by atoms with Gasteiger partial charge >= 0.3 is 6.29 Å². The Hall–Kier alpha value is -4.17. The molecule has 1 atom stereocenters. The van der Waals surface area contributed by atoms with Crippen LogP contribution < -0.4 is 14.8 Å². The molecule has 2 N–H and O–H groups in total. The van der Waals surface area contributed by atoms with E-state index in [9.17, 15) is 35.9 Å². The van der Waals surface area contributed by atoms with Gasteiger partial charge in [-0.25, -0.2) is 22.2 Å². The minimum Gasteiger partial charge on any atom is -0.395 e. The van der Waals surface area contributed by atoms with Gasteiger partial charge in [0.05, 0.1) is 40.9 Å². The second-order valence-electron chi connectivity index (χ2n) is 9.15. The molecule has 1 amide bonds. The number of amides is 1. The van der Waals surface area contributed by atoms with Crippen molar-refractivity contribution in [1.82, 2.24) is 14.9 Å². The van der Waals surface area contributed by atoms with Gasteiger partial charge in [-0.1, -0.05) is 31.2 Å². The molecule has 1 aliphatic rings. The van der Waals surface area contributed by atoms with Gasteiger partial charge in [-0.2, -0.15) is 0 Å². The van der Waals surface area contributed by atoms with Crippen molar-refractivity contribution in [2.45, 2.75) is 37.1 Å². The van der Waals surface area contributed by atoms with Gasteiger partial charge in [-0.05, 0) is 42.0 Å². The van der Waals surface area contributed by atoms with Crippen LogP contribution in [0.15, 0.2) is 65.6 Å². The van der Waals surface area contributed by atoms with Crippen molar-refractivity contribution < 1.29 is 45.4 Å². The van der Waals surface area contributed by atoms with Crippen LogP contribution in [0.2, 0.25) is 0 Å². The Morgan fingerprint density at radius 1 is 1.10 bits per heavy atom. The summed E-state index contributed by atoms with van der Waals surface area (Å²) in [6, 6.07) is 13.0. The van der Waals surface area contributed by atoms with Crippen LogP contribution in [-0.2, 0) is 16.4 Å². The number of carbonyl (C=O) groups is 1. The number of nitrogens with one attached hydrogen (secondary N) is 1. The normalized spacial score (nSPS) is 14.9. The lowest BCUT2D eigenvalue weighted by Crippen LogP contribution is -2.30. The van der Waals surface area contributed by atoms with E-state index in [2.05, 4.69) is 19.8 Å². The first-order chi connectivity index (χ1) is 19.4. The zero-order chi connectivity index (χ0) is 29.5. The van der Waals surface area contributed by atoms with Gasteiger partial charge < -0.3 is 24.5 Å². The molecule has 1 aromatic heterocycles. The maximum atomic E-state index is 14.0. The summed E-state index contributed by atoms with van der Waals surface area (Å²) in [5, 5.41) is 12.5. The van der Waals surface area contributed by atoms with Crippen molar-refractivity contribution in [2.75, 3.05) is 12.4 Å². The molecule has 3 aromatic carbocycles. The average Bonchev–Trinajstić information content (AvgIpc) is 3.47. The Morgan fingerprint density at radius 3 is 2.49 bits per heavy atom. The van der Waals surface area contributed by atoms with Crippen LogP contribution in [-0.4, -0.2) is 47.6 Å². The largest absolute Gasteiger partial charge is 0.586 e. The van der Waals surface area contributed by atoms with Gasteiger partial charge in [-0.15, -0.1) is 8.78 Å². The summed E-state index contributed by atoms with van der Waals surface area (Å²) < 4.78 is 89.4. The second kappa shape index (κ2) is 10.7. The van der Waals surface area contributed by atoms with Gasteiger partial charge in [0.2, 0.25) is 0 Å². The number of hydrogen-bond donors (Lipinski definition) is 2. The number of alkyl halides is 4. The minimum absolute atomic E-state index is 0.0534. The lowest BCUT2D eigenvalue weighted by molar-refractivity contribution is -0.287. The number of aliphatic hydroxyl groups excluding tert-OH is 1. The van der Waals surface area contributed by atoms with E-state index in [1.54, 1.807) is 0 Å². The van der Waals surface area contributed by atoms with E-state index < -0.39 is 46.9 Å². The molecule has 0 spiro atoms. The molecule has 1 aliphatic heterocycles. The molecule has 14 heteroatoms. The van der Waals surface area contributed by atoms with E-state index in [1.807, 2.05) is 0 Å². The van der Waals surface area contributed by atoms with Gasteiger partial charge in [0.25, 0.3) is 12.3 Å². The highest BCUT2D eigenvalue weighted by Crippen LogP contribution is 2.44. The zero-order valence-corrected chi connectivity index (χ0v) is 22.2. The quantitative estimate of drug-likeness (QED) is 0.272. The van der Waals surface area contributed by atoms with Crippen LogP contribution in [0.4, 0.5) is 17.6 Å². The number of ether oxygens (including phenoxy) is 2. The molecular formula is C27H23F4N3O6S. The average molecular weight is 594 g/mol. The SMILES string of the molecule is CCS(=O)(=O)c1ccc(C(CO)NC(=O)c2ccc3c(c2)nc(C(F)F)n3Cc2cccc3c2OC(F)(F)O3)cc1. The minimum atomic E-state index is -3.88. The van der Waals surface area contributed by atoms with Gasteiger partial charge in [0.15, 0.2) is 27.2 Å². The van der Waals surface area contributed by atoms with E-state index >= 15 is 0 Å². The summed E-state index contributed by atoms with van der Waals surface area (Å²) in [4.78, 5) is 17.1. The molecule has 2 heterocycles. The highest BCUT2D eigenvalue weighted by atomic mass is 32.2. The van der Waals surface area contributed by atoms with E-state index in [4.69, 9.17) is 0 Å². The number of aliphatic hydroxyl groups is 1. The highest BCUT2D eigenvalue weighted by molar-refractivity contribution is 7.91. The first-order valence-corrected chi connectivity index (χ1v) is 14.0. The smallest absolute Gasteiger partial charge is 0.395 e. The van der Waals surface area contributed by atoms with Crippen molar-refractivity contribution in [3.05, 3.63) is 83.2 Å². The van der Waals surface area contributed by atoms with Crippen LogP contribution in [0.3, 0.4) is 0 Å². The van der Waals surface area contributed by atoms with E-state index in [-0.39, 0.29) is 50.9 Å². The Bertz CT molecular complexity index is 1730. The highest BCUT2D eigenvalue weighted by Gasteiger charge is 2.44. The molecular weight excluding hydrogens is 570 g/mol. The maximum absolute atomic E-state index is 14.0. The van der Waals surface area contributed by atoms with E-state index in [0.717, 1.165) is 4.57 Å². The molecule has 0 radical (unpaired) electrons. The molecule has 0 aliphatic carbocycles. The number of imidazole rings is 1. The summed E-state index contributed by atoms with van der Waals surface area (Å²) in [6.07, 6.45) is -6.90. The molecule has 0 fully saturated rings. The number of hydrogen-bond acceptors (Lipinski definition) is 7. The third kappa shape index (κ3) is 5.57. The number of nitrogens with zero attached hydrogens (tertiary/aromatic N) is 2. The second-order valence-corrected chi connectivity index (χ2v) is 11.4. The van der Waals surface area contributed by atoms with Crippen LogP contribution in [0, 0.1) is 0 Å². The summed E-state index contributed by atoms with van der Waals surface area (Å²) in [5.41, 5.74) is 0.937. The molecule has 0 saturated heterocycles. The number of fused-ring (bicyclic) bond motifs is 2. The fourth-order valence-electron chi connectivity index (χ4n) is 4.49. The number of halogens is 4. The molecule has 5 rings (SSSR count). The number of carbonyl (C=O) groups excluding carboxylic acids is 1. The van der Waals surface area contributed by atoms with Crippen LogP contribution in [0.5, 0.6) is 11.5 Å². The first-order valence-electron chi connectivity index (χ1n) is 12.3. The van der Waals surface area contributed by atoms with Crippen LogP contribution in [0.1, 0.15) is 46.7 Å². The number of para-hydroxylation sites is 1. The van der Waals surface area contributed by atoms with Crippen molar-refractivity contribution >= 4 is 26.8 Å². The monoisotopic (exact) mass is 593 g/mol.